The molecule has 0 unspecified atom stereocenters. The molecule has 0 aliphatic heterocycles. The maximum absolute atomic E-state index is 10.9. The van der Waals surface area contributed by atoms with Crippen molar-refractivity contribution in [2.45, 2.75) is 13.3 Å². The summed E-state index contributed by atoms with van der Waals surface area (Å²) in [5.74, 6) is 0. The molecule has 0 fully saturated rings. The molecule has 0 aliphatic carbocycles. The molecule has 1 N–H and O–H groups in total. The van der Waals surface area contributed by atoms with Crippen LogP contribution in [0.25, 0.3) is 0 Å². The van der Waals surface area contributed by atoms with Crippen molar-refractivity contribution in [1.29, 1.82) is 0 Å². The van der Waals surface area contributed by atoms with E-state index in [9.17, 15) is 10.1 Å². The van der Waals surface area contributed by atoms with Gasteiger partial charge in [0.15, 0.2) is 0 Å². The summed E-state index contributed by atoms with van der Waals surface area (Å²) in [4.78, 5) is 10.6. The van der Waals surface area contributed by atoms with E-state index < -0.39 is 0 Å². The lowest BCUT2D eigenvalue weighted by Gasteiger charge is -2.09. The molecule has 0 saturated heterocycles. The summed E-state index contributed by atoms with van der Waals surface area (Å²) in [6.07, 6.45) is 0.571. The summed E-state index contributed by atoms with van der Waals surface area (Å²) in [7, 11) is 0. The summed E-state index contributed by atoms with van der Waals surface area (Å²) in [6.45, 7) is 2.58. The monoisotopic (exact) mass is 290 g/mol. The van der Waals surface area contributed by atoms with E-state index in [1.807, 2.05) is 31.2 Å². The summed E-state index contributed by atoms with van der Waals surface area (Å²) in [5.41, 5.74) is 2.84. The molecular weight excluding hydrogens is 276 g/mol. The third kappa shape index (κ3) is 3.48. The van der Waals surface area contributed by atoms with Crippen LogP contribution in [0.3, 0.4) is 0 Å². The third-order valence-corrected chi connectivity index (χ3v) is 3.35. The zero-order valence-corrected chi connectivity index (χ0v) is 11.9. The number of rotatable bonds is 5. The van der Waals surface area contributed by atoms with Gasteiger partial charge >= 0.3 is 0 Å². The van der Waals surface area contributed by atoms with Crippen LogP contribution in [0.5, 0.6) is 0 Å². The molecule has 2 aromatic carbocycles. The van der Waals surface area contributed by atoms with Gasteiger partial charge in [0.2, 0.25) is 0 Å². The van der Waals surface area contributed by atoms with E-state index in [1.165, 1.54) is 6.07 Å². The first kappa shape index (κ1) is 14.3. The number of hydrogen-bond acceptors (Lipinski definition) is 3. The van der Waals surface area contributed by atoms with Gasteiger partial charge in [0.1, 0.15) is 0 Å². The van der Waals surface area contributed by atoms with Crippen LogP contribution in [0.2, 0.25) is 5.02 Å². The Labute approximate surface area is 122 Å². The van der Waals surface area contributed by atoms with Crippen molar-refractivity contribution in [3.63, 3.8) is 0 Å². The van der Waals surface area contributed by atoms with Crippen molar-refractivity contribution in [2.24, 2.45) is 0 Å². The van der Waals surface area contributed by atoms with E-state index in [0.29, 0.717) is 23.6 Å². The van der Waals surface area contributed by atoms with Gasteiger partial charge in [0.25, 0.3) is 5.69 Å². The Bertz CT molecular complexity index is 629. The number of aryl methyl sites for hydroxylation is 1. The number of nitrogens with zero attached hydrogens (tertiary/aromatic N) is 1. The molecule has 104 valence electrons. The van der Waals surface area contributed by atoms with E-state index in [0.717, 1.165) is 11.3 Å². The van der Waals surface area contributed by atoms with Crippen molar-refractivity contribution in [2.75, 3.05) is 11.9 Å². The third-order valence-electron chi connectivity index (χ3n) is 3.02. The van der Waals surface area contributed by atoms with Gasteiger partial charge < -0.3 is 5.32 Å². The van der Waals surface area contributed by atoms with Gasteiger partial charge in [0, 0.05) is 18.2 Å². The van der Waals surface area contributed by atoms with E-state index in [4.69, 9.17) is 11.6 Å². The highest BCUT2D eigenvalue weighted by Gasteiger charge is 2.11. The highest BCUT2D eigenvalue weighted by atomic mass is 35.5. The maximum Gasteiger partial charge on any atom is 0.272 e. The second kappa shape index (κ2) is 6.39. The molecule has 0 atom stereocenters. The predicted molar refractivity (Wildman–Crippen MR) is 81.5 cm³/mol. The summed E-state index contributed by atoms with van der Waals surface area (Å²) >= 11 is 6.09. The fraction of sp³-hybridized carbons (Fsp3) is 0.200. The van der Waals surface area contributed by atoms with Crippen molar-refractivity contribution < 1.29 is 4.92 Å². The molecule has 0 spiro atoms. The lowest BCUT2D eigenvalue weighted by Crippen LogP contribution is -2.07. The number of nitro groups is 1. The average molecular weight is 291 g/mol. The summed E-state index contributed by atoms with van der Waals surface area (Å²) in [5, 5.41) is 14.8. The lowest BCUT2D eigenvalue weighted by atomic mass is 10.1. The molecular formula is C15H15ClN2O2. The molecule has 2 rings (SSSR count). The number of para-hydroxylation sites is 1. The minimum Gasteiger partial charge on any atom is -0.383 e. The van der Waals surface area contributed by atoms with Crippen LogP contribution in [-0.2, 0) is 6.42 Å². The Balaban J connectivity index is 2.03. The van der Waals surface area contributed by atoms with Crippen LogP contribution in [0.1, 0.15) is 11.1 Å². The normalized spacial score (nSPS) is 10.3. The second-order valence-corrected chi connectivity index (χ2v) is 4.95. The molecule has 0 bridgehead atoms. The van der Waals surface area contributed by atoms with Crippen LogP contribution in [0, 0.1) is 17.0 Å². The Morgan fingerprint density at radius 2 is 2.00 bits per heavy atom. The van der Waals surface area contributed by atoms with Crippen LogP contribution in [0.4, 0.5) is 11.4 Å². The summed E-state index contributed by atoms with van der Waals surface area (Å²) in [6, 6.07) is 12.5. The predicted octanol–water partition coefficient (Wildman–Crippen LogP) is 4.21. The number of benzene rings is 2. The van der Waals surface area contributed by atoms with Gasteiger partial charge in [-0.3, -0.25) is 10.1 Å². The molecule has 0 saturated carbocycles. The highest BCUT2D eigenvalue weighted by Crippen LogP contribution is 2.23. The van der Waals surface area contributed by atoms with E-state index in [2.05, 4.69) is 5.32 Å². The highest BCUT2D eigenvalue weighted by molar-refractivity contribution is 6.33. The molecule has 20 heavy (non-hydrogen) atoms. The van der Waals surface area contributed by atoms with E-state index in [-0.39, 0.29) is 10.6 Å². The number of nitrogens with one attached hydrogen (secondary N) is 1. The Hall–Kier alpha value is -2.07. The SMILES string of the molecule is Cc1ccc(Cl)c(NCCc2ccccc2[N+](=O)[O-])c1. The number of anilines is 1. The minimum absolute atomic E-state index is 0.157. The second-order valence-electron chi connectivity index (χ2n) is 4.55. The zero-order chi connectivity index (χ0) is 14.5. The van der Waals surface area contributed by atoms with Gasteiger partial charge in [-0.1, -0.05) is 35.9 Å². The van der Waals surface area contributed by atoms with Gasteiger partial charge in [-0.15, -0.1) is 0 Å². The maximum atomic E-state index is 10.9. The van der Waals surface area contributed by atoms with Gasteiger partial charge in [-0.25, -0.2) is 0 Å². The van der Waals surface area contributed by atoms with Crippen molar-refractivity contribution in [3.8, 4) is 0 Å². The molecule has 0 aromatic heterocycles. The van der Waals surface area contributed by atoms with Crippen molar-refractivity contribution in [3.05, 3.63) is 68.7 Å². The number of halogens is 1. The molecule has 2 aromatic rings. The Morgan fingerprint density at radius 3 is 2.75 bits per heavy atom. The largest absolute Gasteiger partial charge is 0.383 e. The fourth-order valence-electron chi connectivity index (χ4n) is 2.01. The fourth-order valence-corrected chi connectivity index (χ4v) is 2.19. The van der Waals surface area contributed by atoms with Crippen LogP contribution >= 0.6 is 11.6 Å². The average Bonchev–Trinajstić information content (AvgIpc) is 2.43. The smallest absolute Gasteiger partial charge is 0.272 e. The molecule has 4 nitrogen and oxygen atoms in total. The minimum atomic E-state index is -0.352. The standard InChI is InChI=1S/C15H15ClN2O2/c1-11-6-7-13(16)14(10-11)17-9-8-12-4-2-3-5-15(12)18(19)20/h2-7,10,17H,8-9H2,1H3. The Kier molecular flexibility index (Phi) is 4.58. The first-order valence-electron chi connectivity index (χ1n) is 6.30. The van der Waals surface area contributed by atoms with E-state index >= 15 is 0 Å². The number of nitro benzene ring substituents is 1. The molecule has 0 heterocycles. The van der Waals surface area contributed by atoms with Crippen molar-refractivity contribution in [1.82, 2.24) is 0 Å². The quantitative estimate of drug-likeness (QED) is 0.663. The van der Waals surface area contributed by atoms with Gasteiger partial charge in [-0.2, -0.15) is 0 Å². The van der Waals surface area contributed by atoms with Crippen LogP contribution in [-0.4, -0.2) is 11.5 Å². The van der Waals surface area contributed by atoms with Gasteiger partial charge in [0.05, 0.1) is 15.6 Å². The zero-order valence-electron chi connectivity index (χ0n) is 11.1. The molecule has 0 radical (unpaired) electrons. The number of hydrogen-bond donors (Lipinski definition) is 1. The first-order chi connectivity index (χ1) is 9.58. The topological polar surface area (TPSA) is 55.2 Å². The molecule has 5 heteroatoms. The Morgan fingerprint density at radius 1 is 1.25 bits per heavy atom. The molecule has 0 aliphatic rings. The van der Waals surface area contributed by atoms with Crippen LogP contribution < -0.4 is 5.32 Å². The summed E-state index contributed by atoms with van der Waals surface area (Å²) < 4.78 is 0. The van der Waals surface area contributed by atoms with Gasteiger partial charge in [-0.05, 0) is 31.0 Å². The first-order valence-corrected chi connectivity index (χ1v) is 6.68. The van der Waals surface area contributed by atoms with Crippen LogP contribution in [0.15, 0.2) is 42.5 Å². The molecule has 0 amide bonds. The lowest BCUT2D eigenvalue weighted by molar-refractivity contribution is -0.385. The van der Waals surface area contributed by atoms with Crippen molar-refractivity contribution >= 4 is 23.0 Å². The van der Waals surface area contributed by atoms with E-state index in [1.54, 1.807) is 12.1 Å².